The Morgan fingerprint density at radius 3 is 2.79 bits per heavy atom. The summed E-state index contributed by atoms with van der Waals surface area (Å²) in [7, 11) is 1.71. The standard InChI is InChI=1S/C15H20BrNO2/c1-18-14-9-11(16)7-10(8-12-3-2-6-17-12)15(14)19-13-4-5-13/h7,9,12-13,17H,2-6,8H2,1H3. The molecule has 1 aliphatic carbocycles. The summed E-state index contributed by atoms with van der Waals surface area (Å²) in [6, 6.07) is 4.73. The quantitative estimate of drug-likeness (QED) is 0.901. The summed E-state index contributed by atoms with van der Waals surface area (Å²) in [5.41, 5.74) is 1.25. The molecule has 1 atom stereocenters. The van der Waals surface area contributed by atoms with Gasteiger partial charge in [-0.05, 0) is 50.8 Å². The van der Waals surface area contributed by atoms with Crippen LogP contribution in [0.15, 0.2) is 16.6 Å². The number of nitrogens with one attached hydrogen (secondary N) is 1. The Labute approximate surface area is 122 Å². The highest BCUT2D eigenvalue weighted by atomic mass is 79.9. The second-order valence-electron chi connectivity index (χ2n) is 5.41. The van der Waals surface area contributed by atoms with Crippen LogP contribution >= 0.6 is 15.9 Å². The first-order valence-electron chi connectivity index (χ1n) is 7.02. The summed E-state index contributed by atoms with van der Waals surface area (Å²) in [6.45, 7) is 1.13. The molecular weight excluding hydrogens is 306 g/mol. The van der Waals surface area contributed by atoms with Crippen molar-refractivity contribution in [1.82, 2.24) is 5.32 Å². The first-order chi connectivity index (χ1) is 9.26. The van der Waals surface area contributed by atoms with Crippen molar-refractivity contribution in [1.29, 1.82) is 0 Å². The molecule has 0 amide bonds. The van der Waals surface area contributed by atoms with Gasteiger partial charge >= 0.3 is 0 Å². The lowest BCUT2D eigenvalue weighted by molar-refractivity contribution is 0.278. The minimum atomic E-state index is 0.394. The highest BCUT2D eigenvalue weighted by molar-refractivity contribution is 9.10. The van der Waals surface area contributed by atoms with Crippen molar-refractivity contribution in [2.45, 2.75) is 44.2 Å². The minimum absolute atomic E-state index is 0.394. The van der Waals surface area contributed by atoms with E-state index >= 15 is 0 Å². The van der Waals surface area contributed by atoms with Crippen molar-refractivity contribution < 1.29 is 9.47 Å². The predicted octanol–water partition coefficient (Wildman–Crippen LogP) is 3.29. The fourth-order valence-electron chi connectivity index (χ4n) is 2.61. The summed E-state index contributed by atoms with van der Waals surface area (Å²) in [4.78, 5) is 0. The molecule has 104 valence electrons. The normalized spacial score (nSPS) is 22.5. The van der Waals surface area contributed by atoms with Gasteiger partial charge < -0.3 is 14.8 Å². The van der Waals surface area contributed by atoms with E-state index in [2.05, 4.69) is 27.3 Å². The van der Waals surface area contributed by atoms with E-state index < -0.39 is 0 Å². The average Bonchev–Trinajstić information content (AvgIpc) is 3.07. The van der Waals surface area contributed by atoms with Gasteiger partial charge in [-0.1, -0.05) is 15.9 Å². The van der Waals surface area contributed by atoms with Gasteiger partial charge in [0, 0.05) is 16.1 Å². The lowest BCUT2D eigenvalue weighted by Crippen LogP contribution is -2.24. The Morgan fingerprint density at radius 1 is 1.32 bits per heavy atom. The van der Waals surface area contributed by atoms with Gasteiger partial charge in [0.2, 0.25) is 0 Å². The fraction of sp³-hybridized carbons (Fsp3) is 0.600. The molecule has 1 N–H and O–H groups in total. The molecule has 0 aromatic heterocycles. The second kappa shape index (κ2) is 5.71. The molecule has 1 heterocycles. The highest BCUT2D eigenvalue weighted by Gasteiger charge is 2.27. The molecule has 0 spiro atoms. The molecule has 19 heavy (non-hydrogen) atoms. The van der Waals surface area contributed by atoms with Gasteiger partial charge in [0.05, 0.1) is 13.2 Å². The van der Waals surface area contributed by atoms with Crippen molar-refractivity contribution in [2.24, 2.45) is 0 Å². The Bertz CT molecular complexity index is 454. The number of ether oxygens (including phenoxy) is 2. The lowest BCUT2D eigenvalue weighted by Gasteiger charge is -2.18. The SMILES string of the molecule is COc1cc(Br)cc(CC2CCCN2)c1OC1CC1. The van der Waals surface area contributed by atoms with Crippen LogP contribution in [0.1, 0.15) is 31.2 Å². The van der Waals surface area contributed by atoms with E-state index in [1.165, 1.54) is 31.2 Å². The molecule has 0 radical (unpaired) electrons. The number of benzene rings is 1. The summed E-state index contributed by atoms with van der Waals surface area (Å²) >= 11 is 3.56. The van der Waals surface area contributed by atoms with Gasteiger partial charge in [-0.25, -0.2) is 0 Å². The Balaban J connectivity index is 1.87. The zero-order valence-corrected chi connectivity index (χ0v) is 12.8. The molecule has 1 aliphatic heterocycles. The molecule has 0 bridgehead atoms. The van der Waals surface area contributed by atoms with E-state index in [9.17, 15) is 0 Å². The lowest BCUT2D eigenvalue weighted by atomic mass is 10.0. The monoisotopic (exact) mass is 325 g/mol. The molecule has 4 heteroatoms. The third kappa shape index (κ3) is 3.23. The third-order valence-corrected chi connectivity index (χ3v) is 4.21. The zero-order chi connectivity index (χ0) is 13.2. The van der Waals surface area contributed by atoms with Gasteiger partial charge in [0.1, 0.15) is 0 Å². The van der Waals surface area contributed by atoms with E-state index in [-0.39, 0.29) is 0 Å². The molecule has 3 nitrogen and oxygen atoms in total. The topological polar surface area (TPSA) is 30.5 Å². The van der Waals surface area contributed by atoms with E-state index in [1.54, 1.807) is 7.11 Å². The first-order valence-corrected chi connectivity index (χ1v) is 7.82. The Kier molecular flexibility index (Phi) is 3.99. The van der Waals surface area contributed by atoms with Crippen LogP contribution in [0.25, 0.3) is 0 Å². The zero-order valence-electron chi connectivity index (χ0n) is 11.2. The van der Waals surface area contributed by atoms with Crippen molar-refractivity contribution in [2.75, 3.05) is 13.7 Å². The van der Waals surface area contributed by atoms with Crippen LogP contribution in [0.5, 0.6) is 11.5 Å². The summed E-state index contributed by atoms with van der Waals surface area (Å²) in [5.74, 6) is 1.79. The number of hydrogen-bond acceptors (Lipinski definition) is 3. The van der Waals surface area contributed by atoms with Crippen LogP contribution in [0.4, 0.5) is 0 Å². The molecular formula is C15H20BrNO2. The van der Waals surface area contributed by atoms with Gasteiger partial charge in [-0.15, -0.1) is 0 Å². The summed E-state index contributed by atoms with van der Waals surface area (Å²) in [6.07, 6.45) is 6.26. The van der Waals surface area contributed by atoms with Crippen LogP contribution < -0.4 is 14.8 Å². The Morgan fingerprint density at radius 2 is 2.16 bits per heavy atom. The maximum atomic E-state index is 6.07. The van der Waals surface area contributed by atoms with Gasteiger partial charge in [0.15, 0.2) is 11.5 Å². The van der Waals surface area contributed by atoms with Crippen LogP contribution in [-0.4, -0.2) is 25.8 Å². The van der Waals surface area contributed by atoms with Crippen molar-refractivity contribution in [3.8, 4) is 11.5 Å². The van der Waals surface area contributed by atoms with Crippen molar-refractivity contribution in [3.63, 3.8) is 0 Å². The molecule has 1 saturated carbocycles. The van der Waals surface area contributed by atoms with E-state index in [4.69, 9.17) is 9.47 Å². The molecule has 1 saturated heterocycles. The maximum absolute atomic E-state index is 6.07. The van der Waals surface area contributed by atoms with E-state index in [1.807, 2.05) is 6.07 Å². The third-order valence-electron chi connectivity index (χ3n) is 3.75. The summed E-state index contributed by atoms with van der Waals surface area (Å²) in [5, 5.41) is 3.55. The highest BCUT2D eigenvalue weighted by Crippen LogP contribution is 2.39. The van der Waals surface area contributed by atoms with E-state index in [0.29, 0.717) is 12.1 Å². The van der Waals surface area contributed by atoms with Gasteiger partial charge in [0.25, 0.3) is 0 Å². The van der Waals surface area contributed by atoms with Crippen LogP contribution in [0.2, 0.25) is 0 Å². The number of halogens is 1. The molecule has 1 aromatic carbocycles. The average molecular weight is 326 g/mol. The molecule has 2 aliphatic rings. The largest absolute Gasteiger partial charge is 0.493 e. The number of rotatable bonds is 5. The van der Waals surface area contributed by atoms with Crippen LogP contribution in [0, 0.1) is 0 Å². The smallest absolute Gasteiger partial charge is 0.164 e. The fourth-order valence-corrected chi connectivity index (χ4v) is 3.09. The predicted molar refractivity (Wildman–Crippen MR) is 79.1 cm³/mol. The molecule has 1 aromatic rings. The molecule has 1 unspecified atom stereocenters. The van der Waals surface area contributed by atoms with Crippen molar-refractivity contribution >= 4 is 15.9 Å². The number of hydrogen-bond donors (Lipinski definition) is 1. The molecule has 2 fully saturated rings. The second-order valence-corrected chi connectivity index (χ2v) is 6.33. The minimum Gasteiger partial charge on any atom is -0.493 e. The van der Waals surface area contributed by atoms with E-state index in [0.717, 1.165) is 28.9 Å². The molecule has 3 rings (SSSR count). The van der Waals surface area contributed by atoms with Crippen LogP contribution in [0.3, 0.4) is 0 Å². The Hall–Kier alpha value is -0.740. The number of methoxy groups -OCH3 is 1. The maximum Gasteiger partial charge on any atom is 0.164 e. The summed E-state index contributed by atoms with van der Waals surface area (Å²) < 4.78 is 12.6. The van der Waals surface area contributed by atoms with Crippen LogP contribution in [-0.2, 0) is 6.42 Å². The first kappa shape index (κ1) is 13.3. The van der Waals surface area contributed by atoms with Gasteiger partial charge in [-0.2, -0.15) is 0 Å². The van der Waals surface area contributed by atoms with Gasteiger partial charge in [-0.3, -0.25) is 0 Å². The van der Waals surface area contributed by atoms with Crippen molar-refractivity contribution in [3.05, 3.63) is 22.2 Å².